The first-order chi connectivity index (χ1) is 5.43. The SMILES string of the molecule is CC(C)CN(C)CC(C)C(C)N. The lowest BCUT2D eigenvalue weighted by Crippen LogP contribution is -2.35. The number of nitrogens with zero attached hydrogens (tertiary/aromatic N) is 1. The average Bonchev–Trinajstić information content (AvgIpc) is 1.84. The van der Waals surface area contributed by atoms with E-state index in [-0.39, 0.29) is 0 Å². The molecule has 0 saturated heterocycles. The highest BCUT2D eigenvalue weighted by atomic mass is 15.1. The Morgan fingerprint density at radius 1 is 1.08 bits per heavy atom. The van der Waals surface area contributed by atoms with Gasteiger partial charge in [0.2, 0.25) is 0 Å². The lowest BCUT2D eigenvalue weighted by Gasteiger charge is -2.24. The maximum absolute atomic E-state index is 5.79. The lowest BCUT2D eigenvalue weighted by atomic mass is 10.0. The largest absolute Gasteiger partial charge is 0.328 e. The van der Waals surface area contributed by atoms with Gasteiger partial charge in [-0.2, -0.15) is 0 Å². The summed E-state index contributed by atoms with van der Waals surface area (Å²) in [4.78, 5) is 2.36. The van der Waals surface area contributed by atoms with E-state index in [1.54, 1.807) is 0 Å². The first-order valence-corrected chi connectivity index (χ1v) is 4.87. The molecule has 0 bridgehead atoms. The van der Waals surface area contributed by atoms with Crippen LogP contribution in [0.4, 0.5) is 0 Å². The van der Waals surface area contributed by atoms with Crippen molar-refractivity contribution in [2.45, 2.75) is 33.7 Å². The van der Waals surface area contributed by atoms with E-state index in [4.69, 9.17) is 5.73 Å². The van der Waals surface area contributed by atoms with E-state index < -0.39 is 0 Å². The summed E-state index contributed by atoms with van der Waals surface area (Å²) in [6, 6.07) is 0.305. The van der Waals surface area contributed by atoms with Crippen LogP contribution in [0, 0.1) is 11.8 Å². The number of hydrogen-bond donors (Lipinski definition) is 1. The molecule has 0 aromatic rings. The van der Waals surface area contributed by atoms with Gasteiger partial charge >= 0.3 is 0 Å². The molecule has 0 aliphatic heterocycles. The first-order valence-electron chi connectivity index (χ1n) is 4.87. The van der Waals surface area contributed by atoms with Crippen LogP contribution in [0.2, 0.25) is 0 Å². The molecule has 0 aliphatic carbocycles. The molecule has 74 valence electrons. The smallest absolute Gasteiger partial charge is 0.00483 e. The second kappa shape index (κ2) is 5.55. The fourth-order valence-electron chi connectivity index (χ4n) is 1.36. The van der Waals surface area contributed by atoms with Crippen molar-refractivity contribution in [3.8, 4) is 0 Å². The Morgan fingerprint density at radius 2 is 1.58 bits per heavy atom. The third kappa shape index (κ3) is 5.56. The average molecular weight is 172 g/mol. The number of rotatable bonds is 5. The van der Waals surface area contributed by atoms with Gasteiger partial charge < -0.3 is 10.6 Å². The van der Waals surface area contributed by atoms with E-state index in [2.05, 4.69) is 39.6 Å². The molecule has 12 heavy (non-hydrogen) atoms. The van der Waals surface area contributed by atoms with E-state index in [9.17, 15) is 0 Å². The fourth-order valence-corrected chi connectivity index (χ4v) is 1.36. The summed E-state index contributed by atoms with van der Waals surface area (Å²) in [6.07, 6.45) is 0. The molecular weight excluding hydrogens is 148 g/mol. The zero-order valence-electron chi connectivity index (χ0n) is 9.17. The molecule has 0 aliphatic rings. The summed E-state index contributed by atoms with van der Waals surface area (Å²) in [5, 5.41) is 0. The maximum Gasteiger partial charge on any atom is 0.00483 e. The van der Waals surface area contributed by atoms with E-state index in [1.807, 2.05) is 0 Å². The van der Waals surface area contributed by atoms with Gasteiger partial charge in [-0.1, -0.05) is 20.8 Å². The Labute approximate surface area is 77.1 Å². The van der Waals surface area contributed by atoms with E-state index in [0.717, 1.165) is 19.0 Å². The second-order valence-corrected chi connectivity index (χ2v) is 4.45. The van der Waals surface area contributed by atoms with Crippen molar-refractivity contribution < 1.29 is 0 Å². The van der Waals surface area contributed by atoms with Crippen molar-refractivity contribution in [1.82, 2.24) is 4.90 Å². The van der Waals surface area contributed by atoms with Crippen LogP contribution in [0.15, 0.2) is 0 Å². The molecule has 0 amide bonds. The summed E-state index contributed by atoms with van der Waals surface area (Å²) in [5.74, 6) is 1.34. The molecule has 2 unspecified atom stereocenters. The van der Waals surface area contributed by atoms with Crippen LogP contribution < -0.4 is 5.73 Å². The predicted molar refractivity (Wildman–Crippen MR) is 55.1 cm³/mol. The maximum atomic E-state index is 5.79. The molecule has 2 nitrogen and oxygen atoms in total. The molecular formula is C10H24N2. The molecule has 0 saturated carbocycles. The summed E-state index contributed by atoms with van der Waals surface area (Å²) < 4.78 is 0. The molecule has 0 aromatic carbocycles. The minimum absolute atomic E-state index is 0.305. The fraction of sp³-hybridized carbons (Fsp3) is 1.00. The van der Waals surface area contributed by atoms with Gasteiger partial charge in [0, 0.05) is 19.1 Å². The Bertz CT molecular complexity index is 110. The quantitative estimate of drug-likeness (QED) is 0.682. The van der Waals surface area contributed by atoms with Gasteiger partial charge in [-0.15, -0.1) is 0 Å². The van der Waals surface area contributed by atoms with Crippen LogP contribution >= 0.6 is 0 Å². The molecule has 0 fully saturated rings. The Balaban J connectivity index is 3.61. The van der Waals surface area contributed by atoms with Gasteiger partial charge in [0.15, 0.2) is 0 Å². The minimum Gasteiger partial charge on any atom is -0.328 e. The monoisotopic (exact) mass is 172 g/mol. The highest BCUT2D eigenvalue weighted by molar-refractivity contribution is 4.67. The Hall–Kier alpha value is -0.0800. The van der Waals surface area contributed by atoms with Crippen molar-refractivity contribution in [3.63, 3.8) is 0 Å². The predicted octanol–water partition coefficient (Wildman–Crippen LogP) is 1.56. The van der Waals surface area contributed by atoms with E-state index in [1.165, 1.54) is 0 Å². The standard InChI is InChI=1S/C10H24N2/c1-8(2)6-12(5)7-9(3)10(4)11/h8-10H,6-7,11H2,1-5H3. The summed E-state index contributed by atoms with van der Waals surface area (Å²) in [6.45, 7) is 11.0. The van der Waals surface area contributed by atoms with Gasteiger partial charge in [-0.25, -0.2) is 0 Å². The molecule has 2 heteroatoms. The third-order valence-corrected chi connectivity index (χ3v) is 2.17. The topological polar surface area (TPSA) is 29.3 Å². The van der Waals surface area contributed by atoms with Crippen LogP contribution in [-0.2, 0) is 0 Å². The molecule has 2 atom stereocenters. The Kier molecular flexibility index (Phi) is 5.51. The summed E-state index contributed by atoms with van der Waals surface area (Å²) >= 11 is 0. The van der Waals surface area contributed by atoms with Crippen molar-refractivity contribution in [2.24, 2.45) is 17.6 Å². The van der Waals surface area contributed by atoms with Crippen LogP contribution in [0.25, 0.3) is 0 Å². The van der Waals surface area contributed by atoms with Gasteiger partial charge in [0.05, 0.1) is 0 Å². The first kappa shape index (κ1) is 11.9. The van der Waals surface area contributed by atoms with Crippen LogP contribution in [0.5, 0.6) is 0 Å². The van der Waals surface area contributed by atoms with Crippen molar-refractivity contribution in [3.05, 3.63) is 0 Å². The van der Waals surface area contributed by atoms with Crippen molar-refractivity contribution >= 4 is 0 Å². The molecule has 0 rings (SSSR count). The normalized spacial score (nSPS) is 17.0. The lowest BCUT2D eigenvalue weighted by molar-refractivity contribution is 0.244. The molecule has 2 N–H and O–H groups in total. The highest BCUT2D eigenvalue weighted by Gasteiger charge is 2.10. The van der Waals surface area contributed by atoms with Crippen LogP contribution in [0.1, 0.15) is 27.7 Å². The summed E-state index contributed by atoms with van der Waals surface area (Å²) in [7, 11) is 2.17. The third-order valence-electron chi connectivity index (χ3n) is 2.17. The number of nitrogens with two attached hydrogens (primary N) is 1. The molecule has 0 aromatic heterocycles. The van der Waals surface area contributed by atoms with E-state index >= 15 is 0 Å². The Morgan fingerprint density at radius 3 is 1.92 bits per heavy atom. The van der Waals surface area contributed by atoms with Crippen LogP contribution in [-0.4, -0.2) is 31.1 Å². The van der Waals surface area contributed by atoms with Gasteiger partial charge in [-0.05, 0) is 25.8 Å². The van der Waals surface area contributed by atoms with Crippen molar-refractivity contribution in [2.75, 3.05) is 20.1 Å². The molecule has 0 spiro atoms. The minimum atomic E-state index is 0.305. The summed E-state index contributed by atoms with van der Waals surface area (Å²) in [5.41, 5.74) is 5.79. The highest BCUT2D eigenvalue weighted by Crippen LogP contribution is 2.04. The van der Waals surface area contributed by atoms with Gasteiger partial charge in [0.25, 0.3) is 0 Å². The second-order valence-electron chi connectivity index (χ2n) is 4.45. The van der Waals surface area contributed by atoms with Crippen LogP contribution in [0.3, 0.4) is 0 Å². The zero-order chi connectivity index (χ0) is 9.72. The zero-order valence-corrected chi connectivity index (χ0v) is 9.17. The number of hydrogen-bond acceptors (Lipinski definition) is 2. The van der Waals surface area contributed by atoms with Crippen molar-refractivity contribution in [1.29, 1.82) is 0 Å². The van der Waals surface area contributed by atoms with Gasteiger partial charge in [-0.3, -0.25) is 0 Å². The molecule has 0 radical (unpaired) electrons. The molecule has 0 heterocycles. The van der Waals surface area contributed by atoms with E-state index in [0.29, 0.717) is 12.0 Å². The van der Waals surface area contributed by atoms with Gasteiger partial charge in [0.1, 0.15) is 0 Å².